The molecule has 2 nitrogen and oxygen atoms in total. The molecule has 16 heavy (non-hydrogen) atoms. The third-order valence-corrected chi connectivity index (χ3v) is 4.61. The first-order valence-corrected chi connectivity index (χ1v) is 7.43. The normalized spacial score (nSPS) is 12.4. The van der Waals surface area contributed by atoms with Gasteiger partial charge >= 0.3 is 0 Å². The van der Waals surface area contributed by atoms with Crippen molar-refractivity contribution in [1.82, 2.24) is 5.32 Å². The first-order chi connectivity index (χ1) is 7.65. The van der Waals surface area contributed by atoms with Crippen LogP contribution in [0.25, 0.3) is 0 Å². The van der Waals surface area contributed by atoms with Crippen molar-refractivity contribution in [3.8, 4) is 0 Å². The summed E-state index contributed by atoms with van der Waals surface area (Å²) in [5.74, 6) is 1.21. The van der Waals surface area contributed by atoms with Gasteiger partial charge in [0.05, 0.1) is 0 Å². The number of thiophene rings is 1. The van der Waals surface area contributed by atoms with Crippen molar-refractivity contribution in [1.29, 1.82) is 0 Å². The third kappa shape index (κ3) is 4.44. The molecule has 5 heteroatoms. The summed E-state index contributed by atoms with van der Waals surface area (Å²) in [6.07, 6.45) is 2.03. The van der Waals surface area contributed by atoms with E-state index >= 15 is 0 Å². The SMILES string of the molecule is CC(CCl)CCCNC(=O)c1sccc1Br. The van der Waals surface area contributed by atoms with Gasteiger partial charge in [-0.3, -0.25) is 4.79 Å². The molecule has 0 spiro atoms. The fraction of sp³-hybridized carbons (Fsp3) is 0.545. The summed E-state index contributed by atoms with van der Waals surface area (Å²) in [4.78, 5) is 12.4. The Bertz CT molecular complexity index is 342. The highest BCUT2D eigenvalue weighted by Gasteiger charge is 2.10. The Morgan fingerprint density at radius 3 is 3.00 bits per heavy atom. The van der Waals surface area contributed by atoms with Crippen molar-refractivity contribution < 1.29 is 4.79 Å². The second-order valence-electron chi connectivity index (χ2n) is 3.76. The molecule has 1 amide bonds. The van der Waals surface area contributed by atoms with Crippen molar-refractivity contribution >= 4 is 44.8 Å². The van der Waals surface area contributed by atoms with Crippen LogP contribution < -0.4 is 5.32 Å². The maximum atomic E-state index is 11.7. The van der Waals surface area contributed by atoms with Crippen molar-refractivity contribution in [3.05, 3.63) is 20.8 Å². The molecule has 0 aliphatic rings. The van der Waals surface area contributed by atoms with Gasteiger partial charge in [0.15, 0.2) is 0 Å². The Hall–Kier alpha value is -0.0600. The molecule has 0 aromatic carbocycles. The summed E-state index contributed by atoms with van der Waals surface area (Å²) in [6, 6.07) is 1.88. The van der Waals surface area contributed by atoms with E-state index in [1.54, 1.807) is 0 Å². The molecule has 1 heterocycles. The van der Waals surface area contributed by atoms with Crippen molar-refractivity contribution in [3.63, 3.8) is 0 Å². The smallest absolute Gasteiger partial charge is 0.262 e. The minimum atomic E-state index is 0.000372. The fourth-order valence-electron chi connectivity index (χ4n) is 1.27. The van der Waals surface area contributed by atoms with Gasteiger partial charge in [-0.15, -0.1) is 22.9 Å². The maximum Gasteiger partial charge on any atom is 0.262 e. The van der Waals surface area contributed by atoms with Crippen molar-refractivity contribution in [2.24, 2.45) is 5.92 Å². The molecule has 1 N–H and O–H groups in total. The van der Waals surface area contributed by atoms with Gasteiger partial charge in [0.1, 0.15) is 4.88 Å². The van der Waals surface area contributed by atoms with Crippen LogP contribution in [0.15, 0.2) is 15.9 Å². The second-order valence-corrected chi connectivity index (χ2v) is 5.83. The van der Waals surface area contributed by atoms with E-state index in [9.17, 15) is 4.79 Å². The average Bonchev–Trinajstić information content (AvgIpc) is 2.70. The molecule has 0 aliphatic carbocycles. The van der Waals surface area contributed by atoms with Gasteiger partial charge in [0.25, 0.3) is 5.91 Å². The lowest BCUT2D eigenvalue weighted by Gasteiger charge is -2.07. The molecule has 1 atom stereocenters. The molecule has 0 saturated heterocycles. The number of rotatable bonds is 6. The van der Waals surface area contributed by atoms with Gasteiger partial charge in [-0.2, -0.15) is 0 Å². The number of alkyl halides is 1. The quantitative estimate of drug-likeness (QED) is 0.624. The van der Waals surface area contributed by atoms with E-state index in [1.807, 2.05) is 11.4 Å². The molecule has 0 radical (unpaired) electrons. The van der Waals surface area contributed by atoms with E-state index in [2.05, 4.69) is 28.2 Å². The van der Waals surface area contributed by atoms with Crippen LogP contribution in [0.1, 0.15) is 29.4 Å². The molecule has 1 aromatic heterocycles. The minimum absolute atomic E-state index is 0.000372. The Morgan fingerprint density at radius 1 is 1.69 bits per heavy atom. The van der Waals surface area contributed by atoms with Crippen LogP contribution in [0.3, 0.4) is 0 Å². The van der Waals surface area contributed by atoms with Gasteiger partial charge in [0.2, 0.25) is 0 Å². The van der Waals surface area contributed by atoms with Crippen LogP contribution in [0, 0.1) is 5.92 Å². The number of carbonyl (C=O) groups is 1. The monoisotopic (exact) mass is 323 g/mol. The van der Waals surface area contributed by atoms with E-state index in [-0.39, 0.29) is 5.91 Å². The standard InChI is InChI=1S/C11H15BrClNOS/c1-8(7-13)3-2-5-14-11(15)10-9(12)4-6-16-10/h4,6,8H,2-3,5,7H2,1H3,(H,14,15). The number of carbonyl (C=O) groups excluding carboxylic acids is 1. The molecule has 0 fully saturated rings. The lowest BCUT2D eigenvalue weighted by atomic mass is 10.1. The maximum absolute atomic E-state index is 11.7. The Balaban J connectivity index is 2.24. The lowest BCUT2D eigenvalue weighted by molar-refractivity contribution is 0.0956. The Labute approximate surface area is 114 Å². The zero-order valence-corrected chi connectivity index (χ0v) is 12.3. The van der Waals surface area contributed by atoms with Crippen LogP contribution in [0.4, 0.5) is 0 Å². The van der Waals surface area contributed by atoms with Crippen LogP contribution in [-0.4, -0.2) is 18.3 Å². The van der Waals surface area contributed by atoms with Crippen LogP contribution in [-0.2, 0) is 0 Å². The first kappa shape index (κ1) is 14.0. The molecule has 0 aliphatic heterocycles. The largest absolute Gasteiger partial charge is 0.351 e. The molecule has 1 rings (SSSR count). The summed E-state index contributed by atoms with van der Waals surface area (Å²) in [5, 5.41) is 4.80. The highest BCUT2D eigenvalue weighted by molar-refractivity contribution is 9.10. The third-order valence-electron chi connectivity index (χ3n) is 2.25. The van der Waals surface area contributed by atoms with Crippen molar-refractivity contribution in [2.45, 2.75) is 19.8 Å². The van der Waals surface area contributed by atoms with Gasteiger partial charge in [0, 0.05) is 16.9 Å². The zero-order valence-electron chi connectivity index (χ0n) is 9.13. The topological polar surface area (TPSA) is 29.1 Å². The predicted octanol–water partition coefficient (Wildman–Crippen LogP) is 3.90. The van der Waals surface area contributed by atoms with Crippen LogP contribution in [0.2, 0.25) is 0 Å². The molecule has 0 bridgehead atoms. The Kier molecular flexibility index (Phi) is 6.39. The van der Waals surface area contributed by atoms with Crippen LogP contribution >= 0.6 is 38.9 Å². The molecule has 0 saturated carbocycles. The van der Waals surface area contributed by atoms with Gasteiger partial charge in [-0.05, 0) is 46.1 Å². The molecular weight excluding hydrogens is 310 g/mol. The van der Waals surface area contributed by atoms with E-state index < -0.39 is 0 Å². The summed E-state index contributed by atoms with van der Waals surface area (Å²) in [5.41, 5.74) is 0. The van der Waals surface area contributed by atoms with E-state index in [4.69, 9.17) is 11.6 Å². The van der Waals surface area contributed by atoms with E-state index in [0.29, 0.717) is 18.3 Å². The predicted molar refractivity (Wildman–Crippen MR) is 73.5 cm³/mol. The Morgan fingerprint density at radius 2 is 2.44 bits per heavy atom. The highest BCUT2D eigenvalue weighted by Crippen LogP contribution is 2.22. The minimum Gasteiger partial charge on any atom is -0.351 e. The summed E-state index contributed by atoms with van der Waals surface area (Å²) in [7, 11) is 0. The highest BCUT2D eigenvalue weighted by atomic mass is 79.9. The number of hydrogen-bond donors (Lipinski definition) is 1. The van der Waals surface area contributed by atoms with Gasteiger partial charge in [-0.25, -0.2) is 0 Å². The second kappa shape index (κ2) is 7.30. The van der Waals surface area contributed by atoms with E-state index in [0.717, 1.165) is 22.2 Å². The van der Waals surface area contributed by atoms with Gasteiger partial charge < -0.3 is 5.32 Å². The average molecular weight is 325 g/mol. The summed E-state index contributed by atoms with van der Waals surface area (Å²) >= 11 is 10.5. The summed E-state index contributed by atoms with van der Waals surface area (Å²) < 4.78 is 0.865. The molecule has 90 valence electrons. The van der Waals surface area contributed by atoms with Crippen LogP contribution in [0.5, 0.6) is 0 Å². The van der Waals surface area contributed by atoms with E-state index in [1.165, 1.54) is 11.3 Å². The lowest BCUT2D eigenvalue weighted by Crippen LogP contribution is -2.24. The zero-order chi connectivity index (χ0) is 12.0. The summed E-state index contributed by atoms with van der Waals surface area (Å²) in [6.45, 7) is 2.83. The van der Waals surface area contributed by atoms with Gasteiger partial charge in [-0.1, -0.05) is 6.92 Å². The number of hydrogen-bond acceptors (Lipinski definition) is 2. The number of halogens is 2. The first-order valence-electron chi connectivity index (χ1n) is 5.22. The molecule has 1 unspecified atom stereocenters. The number of amides is 1. The fourth-order valence-corrected chi connectivity index (χ4v) is 2.89. The number of nitrogens with one attached hydrogen (secondary N) is 1. The molecular formula is C11H15BrClNOS. The van der Waals surface area contributed by atoms with Crippen molar-refractivity contribution in [2.75, 3.05) is 12.4 Å². The molecule has 1 aromatic rings.